The van der Waals surface area contributed by atoms with Crippen LogP contribution in [0.25, 0.3) is 10.9 Å². The van der Waals surface area contributed by atoms with Gasteiger partial charge in [-0.05, 0) is 29.8 Å². The summed E-state index contributed by atoms with van der Waals surface area (Å²) in [6.07, 6.45) is 2.24. The Bertz CT molecular complexity index is 1720. The number of fused-ring (bicyclic) bond motifs is 1. The van der Waals surface area contributed by atoms with Crippen LogP contribution in [0, 0.1) is 11.6 Å². The maximum Gasteiger partial charge on any atom is 0.322 e. The van der Waals surface area contributed by atoms with E-state index in [1.165, 1.54) is 23.0 Å². The molecule has 3 heterocycles. The zero-order chi connectivity index (χ0) is 30.1. The van der Waals surface area contributed by atoms with Gasteiger partial charge in [0, 0.05) is 50.4 Å². The van der Waals surface area contributed by atoms with Gasteiger partial charge in [-0.2, -0.15) is 0 Å². The fourth-order valence-electron chi connectivity index (χ4n) is 4.92. The van der Waals surface area contributed by atoms with E-state index in [1.54, 1.807) is 29.9 Å². The molecule has 0 aliphatic carbocycles. The number of aryl methyl sites for hydroxylation is 1. The van der Waals surface area contributed by atoms with Crippen molar-refractivity contribution >= 4 is 51.9 Å². The third-order valence-electron chi connectivity index (χ3n) is 6.96. The largest absolute Gasteiger partial charge is 0.368 e. The quantitative estimate of drug-likeness (QED) is 0.356. The summed E-state index contributed by atoms with van der Waals surface area (Å²) in [4.78, 5) is 56.7. The Labute approximate surface area is 243 Å². The van der Waals surface area contributed by atoms with Crippen molar-refractivity contribution in [1.82, 2.24) is 19.1 Å². The summed E-state index contributed by atoms with van der Waals surface area (Å²) in [5, 5.41) is 4.72. The van der Waals surface area contributed by atoms with E-state index >= 15 is 4.39 Å². The molecule has 1 aliphatic rings. The van der Waals surface area contributed by atoms with Crippen LogP contribution in [0.15, 0.2) is 54.9 Å². The average molecular weight is 598 g/mol. The molecule has 1 saturated heterocycles. The molecule has 2 aromatic carbocycles. The standard InChI is InChI=1S/C29H26ClF2N5O5/c1-17(38)42-36-11-9-35(10-12-36)29(41)27-22(31)7-8-37(27)26(39)14-18-13-21(30)24(15-23(18)32)33-28(40)20-16-34(2)25-6-4-3-5-19(20)25/h3-8,13,15-16H,9-12,14H2,1-2H3,(H,33,40). The molecule has 0 unspecified atom stereocenters. The van der Waals surface area contributed by atoms with Gasteiger partial charge in [0.1, 0.15) is 11.5 Å². The summed E-state index contributed by atoms with van der Waals surface area (Å²) < 4.78 is 32.5. The molecule has 1 fully saturated rings. The van der Waals surface area contributed by atoms with Crippen molar-refractivity contribution in [3.8, 4) is 0 Å². The van der Waals surface area contributed by atoms with E-state index in [4.69, 9.17) is 16.4 Å². The molecule has 42 heavy (non-hydrogen) atoms. The third kappa shape index (κ3) is 5.76. The molecule has 5 rings (SSSR count). The van der Waals surface area contributed by atoms with Gasteiger partial charge in [-0.25, -0.2) is 8.78 Å². The normalized spacial score (nSPS) is 13.8. The molecule has 4 aromatic rings. The first kappa shape index (κ1) is 29.0. The summed E-state index contributed by atoms with van der Waals surface area (Å²) in [7, 11) is 1.80. The summed E-state index contributed by atoms with van der Waals surface area (Å²) in [5.74, 6) is -4.19. The lowest BCUT2D eigenvalue weighted by atomic mass is 10.1. The monoisotopic (exact) mass is 597 g/mol. The minimum Gasteiger partial charge on any atom is -0.368 e. The van der Waals surface area contributed by atoms with Crippen LogP contribution >= 0.6 is 11.6 Å². The number of hydrogen-bond donors (Lipinski definition) is 1. The van der Waals surface area contributed by atoms with Gasteiger partial charge in [0.25, 0.3) is 11.8 Å². The molecule has 0 spiro atoms. The van der Waals surface area contributed by atoms with E-state index in [9.17, 15) is 23.6 Å². The second kappa shape index (κ2) is 11.7. The molecule has 0 radical (unpaired) electrons. The number of carbonyl (C=O) groups excluding carboxylic acids is 4. The Kier molecular flexibility index (Phi) is 8.10. The topological polar surface area (TPSA) is 106 Å². The zero-order valence-electron chi connectivity index (χ0n) is 22.7. The van der Waals surface area contributed by atoms with Gasteiger partial charge in [-0.1, -0.05) is 29.8 Å². The van der Waals surface area contributed by atoms with Crippen LogP contribution in [0.5, 0.6) is 0 Å². The van der Waals surface area contributed by atoms with Crippen LogP contribution in [-0.2, 0) is 23.1 Å². The number of benzene rings is 2. The predicted octanol–water partition coefficient (Wildman–Crippen LogP) is 4.28. The van der Waals surface area contributed by atoms with E-state index in [-0.39, 0.29) is 42.5 Å². The number of nitrogens with one attached hydrogen (secondary N) is 1. The van der Waals surface area contributed by atoms with Crippen molar-refractivity contribution in [2.75, 3.05) is 31.5 Å². The van der Waals surface area contributed by atoms with Crippen LogP contribution in [-0.4, -0.2) is 69.0 Å². The first-order valence-electron chi connectivity index (χ1n) is 13.0. The maximum absolute atomic E-state index is 15.1. The van der Waals surface area contributed by atoms with E-state index in [0.29, 0.717) is 10.9 Å². The van der Waals surface area contributed by atoms with E-state index in [1.807, 2.05) is 12.1 Å². The van der Waals surface area contributed by atoms with Gasteiger partial charge in [-0.3, -0.25) is 23.7 Å². The molecule has 0 saturated carbocycles. The van der Waals surface area contributed by atoms with Crippen molar-refractivity contribution in [3.63, 3.8) is 0 Å². The van der Waals surface area contributed by atoms with Crippen molar-refractivity contribution in [2.45, 2.75) is 13.3 Å². The van der Waals surface area contributed by atoms with Gasteiger partial charge < -0.3 is 19.6 Å². The summed E-state index contributed by atoms with van der Waals surface area (Å²) in [6.45, 7) is 1.98. The number of nitrogens with zero attached hydrogens (tertiary/aromatic N) is 4. The molecule has 0 atom stereocenters. The SMILES string of the molecule is CC(=O)ON1CCN(C(=O)c2c(F)ccn2C(=O)Cc2cc(Cl)c(NC(=O)c3cn(C)c4ccccc34)cc2F)CC1. The second-order valence-electron chi connectivity index (χ2n) is 9.81. The number of hydrogen-bond acceptors (Lipinski definition) is 6. The predicted molar refractivity (Wildman–Crippen MR) is 150 cm³/mol. The Morgan fingerprint density at radius 1 is 1.00 bits per heavy atom. The fourth-order valence-corrected chi connectivity index (χ4v) is 5.15. The highest BCUT2D eigenvalue weighted by Crippen LogP contribution is 2.28. The average Bonchev–Trinajstić information content (AvgIpc) is 3.51. The Hall–Kier alpha value is -4.55. The minimum atomic E-state index is -0.902. The number of para-hydroxylation sites is 1. The number of aromatic nitrogens is 2. The Morgan fingerprint density at radius 3 is 2.43 bits per heavy atom. The molecule has 0 bridgehead atoms. The lowest BCUT2D eigenvalue weighted by Crippen LogP contribution is -2.49. The third-order valence-corrected chi connectivity index (χ3v) is 7.27. The Balaban J connectivity index is 1.30. The zero-order valence-corrected chi connectivity index (χ0v) is 23.5. The summed E-state index contributed by atoms with van der Waals surface area (Å²) >= 11 is 6.36. The molecule has 1 N–H and O–H groups in total. The fraction of sp³-hybridized carbons (Fsp3) is 0.241. The van der Waals surface area contributed by atoms with E-state index in [0.717, 1.165) is 28.4 Å². The number of amides is 2. The second-order valence-corrected chi connectivity index (χ2v) is 10.2. The number of hydroxylamine groups is 2. The highest BCUT2D eigenvalue weighted by molar-refractivity contribution is 6.34. The van der Waals surface area contributed by atoms with Gasteiger partial charge in [0.15, 0.2) is 5.82 Å². The smallest absolute Gasteiger partial charge is 0.322 e. The number of halogens is 3. The summed E-state index contributed by atoms with van der Waals surface area (Å²) in [5.41, 5.74) is 0.655. The lowest BCUT2D eigenvalue weighted by Gasteiger charge is -2.33. The van der Waals surface area contributed by atoms with Crippen molar-refractivity contribution in [3.05, 3.63) is 88.3 Å². The number of anilines is 1. The first-order valence-corrected chi connectivity index (χ1v) is 13.4. The molecule has 2 aromatic heterocycles. The summed E-state index contributed by atoms with van der Waals surface area (Å²) in [6, 6.07) is 10.5. The molecular weight excluding hydrogens is 572 g/mol. The van der Waals surface area contributed by atoms with Crippen LogP contribution in [0.1, 0.15) is 38.1 Å². The van der Waals surface area contributed by atoms with Crippen LogP contribution < -0.4 is 5.32 Å². The van der Waals surface area contributed by atoms with Gasteiger partial charge in [0.2, 0.25) is 5.91 Å². The molecule has 1 aliphatic heterocycles. The molecule has 2 amide bonds. The number of piperazine rings is 1. The maximum atomic E-state index is 15.1. The molecule has 10 nitrogen and oxygen atoms in total. The molecule has 13 heteroatoms. The number of rotatable bonds is 6. The van der Waals surface area contributed by atoms with E-state index in [2.05, 4.69) is 5.32 Å². The van der Waals surface area contributed by atoms with Crippen LogP contribution in [0.3, 0.4) is 0 Å². The highest BCUT2D eigenvalue weighted by atomic mass is 35.5. The highest BCUT2D eigenvalue weighted by Gasteiger charge is 2.30. The van der Waals surface area contributed by atoms with Gasteiger partial charge >= 0.3 is 5.97 Å². The van der Waals surface area contributed by atoms with Gasteiger partial charge in [0.05, 0.1) is 35.8 Å². The lowest BCUT2D eigenvalue weighted by molar-refractivity contribution is -0.193. The van der Waals surface area contributed by atoms with Gasteiger partial charge in [-0.15, -0.1) is 5.06 Å². The molecule has 218 valence electrons. The van der Waals surface area contributed by atoms with E-state index < -0.39 is 47.4 Å². The minimum absolute atomic E-state index is 0.00609. The number of carbonyl (C=O) groups is 4. The molecular formula is C29H26ClF2N5O5. The Morgan fingerprint density at radius 2 is 1.71 bits per heavy atom. The van der Waals surface area contributed by atoms with Crippen LogP contribution in [0.4, 0.5) is 14.5 Å². The first-order chi connectivity index (χ1) is 20.0. The van der Waals surface area contributed by atoms with Crippen molar-refractivity contribution < 1.29 is 32.8 Å². The van der Waals surface area contributed by atoms with Crippen molar-refractivity contribution in [2.24, 2.45) is 7.05 Å². The van der Waals surface area contributed by atoms with Crippen LogP contribution in [0.2, 0.25) is 5.02 Å². The van der Waals surface area contributed by atoms with Crippen molar-refractivity contribution in [1.29, 1.82) is 0 Å².